The van der Waals surface area contributed by atoms with Crippen LogP contribution in [0.5, 0.6) is 0 Å². The van der Waals surface area contributed by atoms with Gasteiger partial charge in [-0.25, -0.2) is 0 Å². The van der Waals surface area contributed by atoms with Crippen molar-refractivity contribution in [1.29, 1.82) is 0 Å². The Morgan fingerprint density at radius 1 is 1.50 bits per heavy atom. The Bertz CT molecular complexity index is 132. The van der Waals surface area contributed by atoms with Crippen molar-refractivity contribution in [3.63, 3.8) is 0 Å². The molecule has 0 spiro atoms. The van der Waals surface area contributed by atoms with Crippen molar-refractivity contribution in [3.8, 4) is 0 Å². The molecular weight excluding hydrogens is 146 g/mol. The molecule has 0 aromatic heterocycles. The predicted octanol–water partition coefficient (Wildman–Crippen LogP) is 2.73. The van der Waals surface area contributed by atoms with Gasteiger partial charge < -0.3 is 5.32 Å². The molecule has 1 heteroatoms. The van der Waals surface area contributed by atoms with Crippen LogP contribution in [0.3, 0.4) is 0 Å². The van der Waals surface area contributed by atoms with Gasteiger partial charge in [-0.3, -0.25) is 0 Å². The lowest BCUT2D eigenvalue weighted by Crippen LogP contribution is -2.20. The third kappa shape index (κ3) is 3.91. The molecule has 1 saturated heterocycles. The average Bonchev–Trinajstić information content (AvgIpc) is 2.28. The van der Waals surface area contributed by atoms with Gasteiger partial charge >= 0.3 is 0 Å². The van der Waals surface area contributed by atoms with E-state index in [1.165, 1.54) is 50.8 Å². The molecule has 12 heavy (non-hydrogen) atoms. The number of allylic oxidation sites excluding steroid dienone is 1. The fourth-order valence-corrected chi connectivity index (χ4v) is 1.79. The molecule has 0 radical (unpaired) electrons. The first-order valence-corrected chi connectivity index (χ1v) is 5.14. The van der Waals surface area contributed by atoms with Crippen LogP contribution in [0.1, 0.15) is 39.0 Å². The molecule has 0 aliphatic carbocycles. The molecule has 0 bridgehead atoms. The van der Waals surface area contributed by atoms with Crippen LogP contribution < -0.4 is 5.32 Å². The van der Waals surface area contributed by atoms with Crippen LogP contribution in [0.15, 0.2) is 12.2 Å². The van der Waals surface area contributed by atoms with E-state index < -0.39 is 0 Å². The van der Waals surface area contributed by atoms with E-state index in [4.69, 9.17) is 0 Å². The summed E-state index contributed by atoms with van der Waals surface area (Å²) in [5.74, 6) is 0.907. The Hall–Kier alpha value is -0.300. The van der Waals surface area contributed by atoms with Crippen LogP contribution in [-0.2, 0) is 0 Å². The third-order valence-corrected chi connectivity index (χ3v) is 2.63. The summed E-state index contributed by atoms with van der Waals surface area (Å²) in [7, 11) is 0. The van der Waals surface area contributed by atoms with Gasteiger partial charge in [0.05, 0.1) is 0 Å². The van der Waals surface area contributed by atoms with Gasteiger partial charge in [0.25, 0.3) is 0 Å². The smallest absolute Gasteiger partial charge is 0.00204 e. The SMILES string of the molecule is C=C(C)CCC1CCCCNC1. The minimum Gasteiger partial charge on any atom is -0.316 e. The van der Waals surface area contributed by atoms with Gasteiger partial charge in [0.1, 0.15) is 0 Å². The number of hydrogen-bond acceptors (Lipinski definition) is 1. The second kappa shape index (κ2) is 5.36. The Labute approximate surface area is 76.2 Å². The molecule has 1 N–H and O–H groups in total. The molecule has 0 amide bonds. The van der Waals surface area contributed by atoms with Gasteiger partial charge in [-0.2, -0.15) is 0 Å². The van der Waals surface area contributed by atoms with Crippen molar-refractivity contribution < 1.29 is 0 Å². The lowest BCUT2D eigenvalue weighted by Gasteiger charge is -2.13. The lowest BCUT2D eigenvalue weighted by atomic mass is 9.96. The van der Waals surface area contributed by atoms with E-state index in [0.29, 0.717) is 0 Å². The summed E-state index contributed by atoms with van der Waals surface area (Å²) in [4.78, 5) is 0. The molecule has 0 aromatic carbocycles. The number of nitrogens with one attached hydrogen (secondary N) is 1. The van der Waals surface area contributed by atoms with Crippen molar-refractivity contribution >= 4 is 0 Å². The molecule has 1 fully saturated rings. The molecular formula is C11H21N. The summed E-state index contributed by atoms with van der Waals surface area (Å²) in [6.45, 7) is 8.53. The molecule has 1 rings (SSSR count). The van der Waals surface area contributed by atoms with E-state index in [1.807, 2.05) is 0 Å². The van der Waals surface area contributed by atoms with E-state index in [2.05, 4.69) is 18.8 Å². The lowest BCUT2D eigenvalue weighted by molar-refractivity contribution is 0.446. The van der Waals surface area contributed by atoms with Crippen LogP contribution in [-0.4, -0.2) is 13.1 Å². The van der Waals surface area contributed by atoms with E-state index in [0.717, 1.165) is 5.92 Å². The highest BCUT2D eigenvalue weighted by Gasteiger charge is 2.10. The molecule has 0 saturated carbocycles. The maximum atomic E-state index is 3.94. The van der Waals surface area contributed by atoms with Crippen molar-refractivity contribution in [2.75, 3.05) is 13.1 Å². The monoisotopic (exact) mass is 167 g/mol. The molecule has 1 atom stereocenters. The highest BCUT2D eigenvalue weighted by Crippen LogP contribution is 2.18. The van der Waals surface area contributed by atoms with Crippen molar-refractivity contribution in [3.05, 3.63) is 12.2 Å². The molecule has 1 aliphatic heterocycles. The second-order valence-electron chi connectivity index (χ2n) is 4.06. The standard InChI is InChI=1S/C11H21N/c1-10(2)6-7-11-5-3-4-8-12-9-11/h11-12H,1,3-9H2,2H3. The largest absolute Gasteiger partial charge is 0.316 e. The van der Waals surface area contributed by atoms with Crippen LogP contribution in [0, 0.1) is 5.92 Å². The van der Waals surface area contributed by atoms with Crippen molar-refractivity contribution in [2.45, 2.75) is 39.0 Å². The summed E-state index contributed by atoms with van der Waals surface area (Å²) >= 11 is 0. The summed E-state index contributed by atoms with van der Waals surface area (Å²) in [6, 6.07) is 0. The van der Waals surface area contributed by atoms with Crippen LogP contribution in [0.4, 0.5) is 0 Å². The van der Waals surface area contributed by atoms with E-state index >= 15 is 0 Å². The van der Waals surface area contributed by atoms with Crippen molar-refractivity contribution in [2.24, 2.45) is 5.92 Å². The quantitative estimate of drug-likeness (QED) is 0.637. The number of hydrogen-bond donors (Lipinski definition) is 1. The maximum Gasteiger partial charge on any atom is -0.00204 e. The fourth-order valence-electron chi connectivity index (χ4n) is 1.79. The van der Waals surface area contributed by atoms with Gasteiger partial charge in [-0.1, -0.05) is 12.0 Å². The molecule has 0 aromatic rings. The zero-order chi connectivity index (χ0) is 8.81. The van der Waals surface area contributed by atoms with E-state index in [9.17, 15) is 0 Å². The highest BCUT2D eigenvalue weighted by atomic mass is 14.9. The minimum atomic E-state index is 0.907. The molecule has 70 valence electrons. The average molecular weight is 167 g/mol. The topological polar surface area (TPSA) is 12.0 Å². The molecule has 1 nitrogen and oxygen atoms in total. The first kappa shape index (κ1) is 9.79. The minimum absolute atomic E-state index is 0.907. The summed E-state index contributed by atoms with van der Waals surface area (Å²) in [5.41, 5.74) is 1.33. The van der Waals surface area contributed by atoms with Gasteiger partial charge in [0.15, 0.2) is 0 Å². The Morgan fingerprint density at radius 2 is 2.33 bits per heavy atom. The number of rotatable bonds is 3. The van der Waals surface area contributed by atoms with Gasteiger partial charge in [0.2, 0.25) is 0 Å². The van der Waals surface area contributed by atoms with Gasteiger partial charge in [-0.05, 0) is 51.6 Å². The first-order chi connectivity index (χ1) is 5.79. The van der Waals surface area contributed by atoms with E-state index in [1.54, 1.807) is 0 Å². The van der Waals surface area contributed by atoms with Crippen molar-refractivity contribution in [1.82, 2.24) is 5.32 Å². The summed E-state index contributed by atoms with van der Waals surface area (Å²) in [6.07, 6.45) is 6.74. The molecule has 1 aliphatic rings. The normalized spacial score (nSPS) is 24.9. The predicted molar refractivity (Wildman–Crippen MR) is 54.3 cm³/mol. The summed E-state index contributed by atoms with van der Waals surface area (Å²) in [5, 5.41) is 3.49. The van der Waals surface area contributed by atoms with Gasteiger partial charge in [0, 0.05) is 0 Å². The van der Waals surface area contributed by atoms with E-state index in [-0.39, 0.29) is 0 Å². The maximum absolute atomic E-state index is 3.94. The zero-order valence-electron chi connectivity index (χ0n) is 8.23. The fraction of sp³-hybridized carbons (Fsp3) is 0.818. The Kier molecular flexibility index (Phi) is 4.37. The third-order valence-electron chi connectivity index (χ3n) is 2.63. The van der Waals surface area contributed by atoms with Crippen LogP contribution >= 0.6 is 0 Å². The van der Waals surface area contributed by atoms with Crippen LogP contribution in [0.2, 0.25) is 0 Å². The Balaban J connectivity index is 2.16. The van der Waals surface area contributed by atoms with Crippen LogP contribution in [0.25, 0.3) is 0 Å². The Morgan fingerprint density at radius 3 is 3.08 bits per heavy atom. The second-order valence-corrected chi connectivity index (χ2v) is 4.06. The molecule has 1 heterocycles. The molecule has 1 unspecified atom stereocenters. The summed E-state index contributed by atoms with van der Waals surface area (Å²) < 4.78 is 0. The highest BCUT2D eigenvalue weighted by molar-refractivity contribution is 4.88. The first-order valence-electron chi connectivity index (χ1n) is 5.14. The zero-order valence-corrected chi connectivity index (χ0v) is 8.23. The van der Waals surface area contributed by atoms with Gasteiger partial charge in [-0.15, -0.1) is 6.58 Å².